The number of piperidine rings is 2. The van der Waals surface area contributed by atoms with Crippen LogP contribution in [0.3, 0.4) is 0 Å². The Kier molecular flexibility index (Phi) is 3.71. The van der Waals surface area contributed by atoms with Gasteiger partial charge in [-0.2, -0.15) is 0 Å². The van der Waals surface area contributed by atoms with Crippen LogP contribution in [0.2, 0.25) is 0 Å². The molecule has 2 aliphatic heterocycles. The summed E-state index contributed by atoms with van der Waals surface area (Å²) in [4.78, 5) is 7.13. The van der Waals surface area contributed by atoms with E-state index >= 15 is 0 Å². The van der Waals surface area contributed by atoms with Crippen molar-refractivity contribution < 1.29 is 4.74 Å². The van der Waals surface area contributed by atoms with Gasteiger partial charge in [-0.1, -0.05) is 24.3 Å². The van der Waals surface area contributed by atoms with Gasteiger partial charge in [0.25, 0.3) is 0 Å². The van der Waals surface area contributed by atoms with Crippen molar-refractivity contribution in [2.24, 2.45) is 0 Å². The summed E-state index contributed by atoms with van der Waals surface area (Å²) < 4.78 is 6.23. The minimum atomic E-state index is 0.331. The van der Waals surface area contributed by atoms with Crippen LogP contribution in [0.1, 0.15) is 32.1 Å². The van der Waals surface area contributed by atoms with Crippen LogP contribution >= 0.6 is 0 Å². The zero-order valence-corrected chi connectivity index (χ0v) is 12.8. The summed E-state index contributed by atoms with van der Waals surface area (Å²) in [6.45, 7) is 0. The number of para-hydroxylation sites is 1. The van der Waals surface area contributed by atoms with E-state index in [1.807, 2.05) is 30.5 Å². The van der Waals surface area contributed by atoms with Gasteiger partial charge in [0.05, 0.1) is 0 Å². The van der Waals surface area contributed by atoms with Gasteiger partial charge in [0, 0.05) is 31.1 Å². The molecule has 0 unspecified atom stereocenters. The molecule has 114 valence electrons. The predicted octanol–water partition coefficient (Wildman–Crippen LogP) is 4.05. The van der Waals surface area contributed by atoms with Crippen LogP contribution in [0.15, 0.2) is 54.7 Å². The topological polar surface area (TPSA) is 25.4 Å². The standard InChI is InChI=1S/C19H22N2O/c1-2-9-17(10-3-1)22-18-13-15-7-6-8-16(14-18)21(15)19-11-4-5-12-20-19/h1-5,9-12,15-16,18H,6-8,13-14H2/t15-,16+,18-. The smallest absolute Gasteiger partial charge is 0.128 e. The molecule has 0 saturated carbocycles. The molecule has 0 aliphatic carbocycles. The lowest BCUT2D eigenvalue weighted by atomic mass is 9.83. The molecule has 4 rings (SSSR count). The molecule has 2 fully saturated rings. The van der Waals surface area contributed by atoms with E-state index in [0.29, 0.717) is 18.2 Å². The van der Waals surface area contributed by atoms with E-state index in [1.54, 1.807) is 0 Å². The van der Waals surface area contributed by atoms with E-state index in [-0.39, 0.29) is 0 Å². The van der Waals surface area contributed by atoms with Crippen LogP contribution < -0.4 is 9.64 Å². The van der Waals surface area contributed by atoms with Crippen LogP contribution in [0.4, 0.5) is 5.82 Å². The summed E-state index contributed by atoms with van der Waals surface area (Å²) in [6.07, 6.45) is 8.26. The number of rotatable bonds is 3. The van der Waals surface area contributed by atoms with E-state index < -0.39 is 0 Å². The first-order valence-electron chi connectivity index (χ1n) is 8.31. The molecule has 22 heavy (non-hydrogen) atoms. The van der Waals surface area contributed by atoms with Gasteiger partial charge < -0.3 is 9.64 Å². The molecule has 0 amide bonds. The van der Waals surface area contributed by atoms with Gasteiger partial charge in [0.2, 0.25) is 0 Å². The van der Waals surface area contributed by atoms with Crippen LogP contribution in [-0.2, 0) is 0 Å². The molecular formula is C19H22N2O. The summed E-state index contributed by atoms with van der Waals surface area (Å²) in [5.41, 5.74) is 0. The number of hydrogen-bond donors (Lipinski definition) is 0. The third-order valence-electron chi connectivity index (χ3n) is 4.89. The number of pyridine rings is 1. The molecule has 2 bridgehead atoms. The average Bonchev–Trinajstić information content (AvgIpc) is 2.56. The molecule has 1 aromatic heterocycles. The lowest BCUT2D eigenvalue weighted by Crippen LogP contribution is -2.55. The molecule has 0 spiro atoms. The maximum atomic E-state index is 6.23. The van der Waals surface area contributed by atoms with Gasteiger partial charge in [-0.25, -0.2) is 4.98 Å². The Morgan fingerprint density at radius 3 is 2.32 bits per heavy atom. The second-order valence-electron chi connectivity index (χ2n) is 6.36. The number of anilines is 1. The van der Waals surface area contributed by atoms with Gasteiger partial charge in [-0.05, 0) is 43.5 Å². The first-order valence-corrected chi connectivity index (χ1v) is 8.31. The highest BCUT2D eigenvalue weighted by atomic mass is 16.5. The maximum Gasteiger partial charge on any atom is 0.128 e. The molecule has 2 aromatic rings. The molecule has 0 N–H and O–H groups in total. The highest BCUT2D eigenvalue weighted by Gasteiger charge is 2.39. The van der Waals surface area contributed by atoms with Crippen LogP contribution in [0, 0.1) is 0 Å². The minimum absolute atomic E-state index is 0.331. The summed E-state index contributed by atoms with van der Waals surface area (Å²) in [6, 6.07) is 17.6. The number of aromatic nitrogens is 1. The van der Waals surface area contributed by atoms with Crippen LogP contribution in [-0.4, -0.2) is 23.2 Å². The third kappa shape index (κ3) is 2.68. The zero-order valence-electron chi connectivity index (χ0n) is 12.8. The maximum absolute atomic E-state index is 6.23. The van der Waals surface area contributed by atoms with Gasteiger partial charge >= 0.3 is 0 Å². The van der Waals surface area contributed by atoms with Gasteiger partial charge in [0.15, 0.2) is 0 Å². The van der Waals surface area contributed by atoms with Crippen molar-refractivity contribution in [3.8, 4) is 5.75 Å². The summed E-state index contributed by atoms with van der Waals surface area (Å²) in [5.74, 6) is 2.13. The van der Waals surface area contributed by atoms with Crippen molar-refractivity contribution in [3.63, 3.8) is 0 Å². The Labute approximate surface area is 131 Å². The Bertz CT molecular complexity index is 587. The molecule has 3 heterocycles. The molecule has 3 nitrogen and oxygen atoms in total. The number of hydrogen-bond acceptors (Lipinski definition) is 3. The quantitative estimate of drug-likeness (QED) is 0.854. The molecule has 3 atom stereocenters. The Hall–Kier alpha value is -2.03. The number of ether oxygens (including phenoxy) is 1. The highest BCUT2D eigenvalue weighted by Crippen LogP contribution is 2.38. The normalized spacial score (nSPS) is 27.5. The fourth-order valence-electron chi connectivity index (χ4n) is 4.00. The molecule has 2 aliphatic rings. The lowest BCUT2D eigenvalue weighted by Gasteiger charge is -2.49. The number of fused-ring (bicyclic) bond motifs is 2. The summed E-state index contributed by atoms with van der Waals surface area (Å²) in [5, 5.41) is 0. The first-order chi connectivity index (χ1) is 10.9. The summed E-state index contributed by atoms with van der Waals surface area (Å²) in [7, 11) is 0. The van der Waals surface area contributed by atoms with Crippen molar-refractivity contribution in [2.75, 3.05) is 4.90 Å². The fraction of sp³-hybridized carbons (Fsp3) is 0.421. The second kappa shape index (κ2) is 5.99. The number of benzene rings is 1. The third-order valence-corrected chi connectivity index (χ3v) is 4.89. The van der Waals surface area contributed by atoms with Crippen molar-refractivity contribution >= 4 is 5.82 Å². The van der Waals surface area contributed by atoms with Gasteiger partial charge in [0.1, 0.15) is 17.7 Å². The van der Waals surface area contributed by atoms with E-state index in [1.165, 1.54) is 19.3 Å². The Balaban J connectivity index is 1.51. The van der Waals surface area contributed by atoms with E-state index in [2.05, 4.69) is 34.1 Å². The Morgan fingerprint density at radius 2 is 1.64 bits per heavy atom. The van der Waals surface area contributed by atoms with Crippen LogP contribution in [0.5, 0.6) is 5.75 Å². The van der Waals surface area contributed by atoms with Crippen molar-refractivity contribution in [1.82, 2.24) is 4.98 Å². The lowest BCUT2D eigenvalue weighted by molar-refractivity contribution is 0.113. The SMILES string of the molecule is c1ccc(O[C@@H]2C[C@H]3CCC[C@@H](C2)N3c2ccccn2)cc1. The van der Waals surface area contributed by atoms with E-state index in [9.17, 15) is 0 Å². The summed E-state index contributed by atoms with van der Waals surface area (Å²) >= 11 is 0. The van der Waals surface area contributed by atoms with Gasteiger partial charge in [-0.3, -0.25) is 0 Å². The van der Waals surface area contributed by atoms with Crippen LogP contribution in [0.25, 0.3) is 0 Å². The Morgan fingerprint density at radius 1 is 0.909 bits per heavy atom. The van der Waals surface area contributed by atoms with Crippen molar-refractivity contribution in [1.29, 1.82) is 0 Å². The highest BCUT2D eigenvalue weighted by molar-refractivity contribution is 5.42. The predicted molar refractivity (Wildman–Crippen MR) is 88.2 cm³/mol. The number of nitrogens with zero attached hydrogens (tertiary/aromatic N) is 2. The fourth-order valence-corrected chi connectivity index (χ4v) is 4.00. The first kappa shape index (κ1) is 13.6. The van der Waals surface area contributed by atoms with Crippen molar-refractivity contribution in [2.45, 2.75) is 50.3 Å². The second-order valence-corrected chi connectivity index (χ2v) is 6.36. The molecular weight excluding hydrogens is 272 g/mol. The van der Waals surface area contributed by atoms with E-state index in [4.69, 9.17) is 4.74 Å². The molecule has 0 radical (unpaired) electrons. The minimum Gasteiger partial charge on any atom is -0.490 e. The molecule has 1 aromatic carbocycles. The van der Waals surface area contributed by atoms with Gasteiger partial charge in [-0.15, -0.1) is 0 Å². The average molecular weight is 294 g/mol. The van der Waals surface area contributed by atoms with Crippen molar-refractivity contribution in [3.05, 3.63) is 54.7 Å². The zero-order chi connectivity index (χ0) is 14.8. The largest absolute Gasteiger partial charge is 0.490 e. The molecule has 2 saturated heterocycles. The molecule has 3 heteroatoms. The monoisotopic (exact) mass is 294 g/mol. The van der Waals surface area contributed by atoms with E-state index in [0.717, 1.165) is 24.4 Å².